The molecule has 0 amide bonds. The van der Waals surface area contributed by atoms with Crippen molar-refractivity contribution >= 4 is 0 Å². The van der Waals surface area contributed by atoms with E-state index >= 15 is 0 Å². The highest BCUT2D eigenvalue weighted by Crippen LogP contribution is 2.57. The monoisotopic (exact) mass is 185 g/mol. The molecule has 1 saturated carbocycles. The third-order valence-corrected chi connectivity index (χ3v) is 3.54. The van der Waals surface area contributed by atoms with Crippen LogP contribution in [0.4, 0.5) is 0 Å². The standard InChI is InChI=1S/C11H23NO/c1-9(2,13-5)8-11(6-7-11)10(3,4)12/h6-8,12H2,1-5H3. The number of hydrogen-bond donors (Lipinski definition) is 1. The van der Waals surface area contributed by atoms with Gasteiger partial charge < -0.3 is 10.5 Å². The van der Waals surface area contributed by atoms with Crippen LogP contribution in [0, 0.1) is 5.41 Å². The lowest BCUT2D eigenvalue weighted by Crippen LogP contribution is -2.46. The van der Waals surface area contributed by atoms with E-state index in [2.05, 4.69) is 27.7 Å². The number of rotatable bonds is 4. The van der Waals surface area contributed by atoms with Gasteiger partial charge in [0, 0.05) is 12.6 Å². The summed E-state index contributed by atoms with van der Waals surface area (Å²) in [6, 6.07) is 0. The molecule has 2 heteroatoms. The summed E-state index contributed by atoms with van der Waals surface area (Å²) in [5.41, 5.74) is 6.41. The van der Waals surface area contributed by atoms with Crippen molar-refractivity contribution in [3.8, 4) is 0 Å². The number of methoxy groups -OCH3 is 1. The maximum atomic E-state index is 6.18. The molecule has 0 atom stereocenters. The molecule has 2 nitrogen and oxygen atoms in total. The van der Waals surface area contributed by atoms with Gasteiger partial charge in [0.15, 0.2) is 0 Å². The Hall–Kier alpha value is -0.0800. The molecule has 0 heterocycles. The minimum atomic E-state index is -0.0667. The lowest BCUT2D eigenvalue weighted by Gasteiger charge is -2.36. The van der Waals surface area contributed by atoms with E-state index < -0.39 is 0 Å². The van der Waals surface area contributed by atoms with Crippen LogP contribution in [0.5, 0.6) is 0 Å². The zero-order valence-electron chi connectivity index (χ0n) is 9.61. The van der Waals surface area contributed by atoms with E-state index in [4.69, 9.17) is 10.5 Å². The van der Waals surface area contributed by atoms with E-state index in [1.807, 2.05) is 0 Å². The summed E-state index contributed by atoms with van der Waals surface area (Å²) in [7, 11) is 1.78. The molecule has 0 aromatic rings. The molecule has 0 spiro atoms. The second-order valence-electron chi connectivity index (χ2n) is 5.64. The minimum absolute atomic E-state index is 0.0346. The second kappa shape index (κ2) is 2.96. The molecule has 1 rings (SSSR count). The lowest BCUT2D eigenvalue weighted by molar-refractivity contribution is -0.0117. The molecule has 0 aromatic carbocycles. The Morgan fingerprint density at radius 1 is 1.23 bits per heavy atom. The van der Waals surface area contributed by atoms with Crippen LogP contribution >= 0.6 is 0 Å². The van der Waals surface area contributed by atoms with E-state index in [9.17, 15) is 0 Å². The number of hydrogen-bond acceptors (Lipinski definition) is 2. The van der Waals surface area contributed by atoms with Crippen LogP contribution in [0.1, 0.15) is 47.0 Å². The zero-order chi connectivity index (χ0) is 10.3. The Bertz CT molecular complexity index is 187. The van der Waals surface area contributed by atoms with Crippen molar-refractivity contribution in [2.75, 3.05) is 7.11 Å². The van der Waals surface area contributed by atoms with Gasteiger partial charge >= 0.3 is 0 Å². The number of ether oxygens (including phenoxy) is 1. The average molecular weight is 185 g/mol. The fourth-order valence-corrected chi connectivity index (χ4v) is 2.09. The molecule has 0 unspecified atom stereocenters. The fourth-order valence-electron chi connectivity index (χ4n) is 2.09. The van der Waals surface area contributed by atoms with E-state index in [0.717, 1.165) is 6.42 Å². The van der Waals surface area contributed by atoms with Gasteiger partial charge in [-0.15, -0.1) is 0 Å². The first kappa shape index (κ1) is 11.0. The third-order valence-electron chi connectivity index (χ3n) is 3.54. The molecular weight excluding hydrogens is 162 g/mol. The average Bonchev–Trinajstić information content (AvgIpc) is 2.67. The van der Waals surface area contributed by atoms with Gasteiger partial charge in [-0.1, -0.05) is 0 Å². The summed E-state index contributed by atoms with van der Waals surface area (Å²) in [5, 5.41) is 0. The summed E-state index contributed by atoms with van der Waals surface area (Å²) in [6.07, 6.45) is 3.58. The molecule has 13 heavy (non-hydrogen) atoms. The summed E-state index contributed by atoms with van der Waals surface area (Å²) in [5.74, 6) is 0. The maximum absolute atomic E-state index is 6.18. The van der Waals surface area contributed by atoms with E-state index in [1.54, 1.807) is 7.11 Å². The van der Waals surface area contributed by atoms with Gasteiger partial charge in [-0.25, -0.2) is 0 Å². The van der Waals surface area contributed by atoms with Crippen molar-refractivity contribution in [2.45, 2.75) is 58.1 Å². The Morgan fingerprint density at radius 3 is 1.92 bits per heavy atom. The van der Waals surface area contributed by atoms with Crippen molar-refractivity contribution in [3.63, 3.8) is 0 Å². The number of nitrogens with two attached hydrogens (primary N) is 1. The van der Waals surface area contributed by atoms with Gasteiger partial charge in [0.1, 0.15) is 0 Å². The first-order valence-corrected chi connectivity index (χ1v) is 5.07. The van der Waals surface area contributed by atoms with Crippen LogP contribution < -0.4 is 5.73 Å². The summed E-state index contributed by atoms with van der Waals surface area (Å²) in [6.45, 7) is 8.54. The predicted octanol–water partition coefficient (Wildman–Crippen LogP) is 2.32. The molecule has 0 aliphatic heterocycles. The molecule has 0 saturated heterocycles. The molecule has 0 bridgehead atoms. The van der Waals surface area contributed by atoms with Gasteiger partial charge in [-0.3, -0.25) is 0 Å². The molecule has 0 aromatic heterocycles. The SMILES string of the molecule is COC(C)(C)CC1(C(C)(C)N)CC1. The van der Waals surface area contributed by atoms with Gasteiger partial charge in [0.2, 0.25) is 0 Å². The van der Waals surface area contributed by atoms with Crippen molar-refractivity contribution in [3.05, 3.63) is 0 Å². The summed E-state index contributed by atoms with van der Waals surface area (Å²) in [4.78, 5) is 0. The molecule has 78 valence electrons. The van der Waals surface area contributed by atoms with Gasteiger partial charge in [-0.2, -0.15) is 0 Å². The Kier molecular flexibility index (Phi) is 2.50. The third kappa shape index (κ3) is 2.23. The highest BCUT2D eigenvalue weighted by molar-refractivity contribution is 5.08. The lowest BCUT2D eigenvalue weighted by atomic mass is 9.77. The second-order valence-corrected chi connectivity index (χ2v) is 5.64. The topological polar surface area (TPSA) is 35.2 Å². The largest absolute Gasteiger partial charge is 0.379 e. The quantitative estimate of drug-likeness (QED) is 0.729. The normalized spacial score (nSPS) is 21.7. The van der Waals surface area contributed by atoms with Gasteiger partial charge in [-0.05, 0) is 52.4 Å². The van der Waals surface area contributed by atoms with Crippen LogP contribution in [-0.4, -0.2) is 18.2 Å². The van der Waals surface area contributed by atoms with E-state index in [0.29, 0.717) is 5.41 Å². The van der Waals surface area contributed by atoms with Crippen LogP contribution in [0.15, 0.2) is 0 Å². The van der Waals surface area contributed by atoms with E-state index in [-0.39, 0.29) is 11.1 Å². The van der Waals surface area contributed by atoms with Crippen LogP contribution in [0.3, 0.4) is 0 Å². The van der Waals surface area contributed by atoms with Crippen molar-refractivity contribution < 1.29 is 4.74 Å². The smallest absolute Gasteiger partial charge is 0.0628 e. The Labute approximate surface area is 81.8 Å². The highest BCUT2D eigenvalue weighted by Gasteiger charge is 2.54. The highest BCUT2D eigenvalue weighted by atomic mass is 16.5. The molecule has 1 aliphatic carbocycles. The fraction of sp³-hybridized carbons (Fsp3) is 1.00. The predicted molar refractivity (Wildman–Crippen MR) is 55.6 cm³/mol. The minimum Gasteiger partial charge on any atom is -0.379 e. The first-order valence-electron chi connectivity index (χ1n) is 5.07. The van der Waals surface area contributed by atoms with Crippen molar-refractivity contribution in [1.82, 2.24) is 0 Å². The molecular formula is C11H23NO. The molecule has 0 radical (unpaired) electrons. The summed E-state index contributed by atoms with van der Waals surface area (Å²) < 4.78 is 5.45. The van der Waals surface area contributed by atoms with Crippen molar-refractivity contribution in [2.24, 2.45) is 11.1 Å². The first-order chi connectivity index (χ1) is 5.72. The van der Waals surface area contributed by atoms with Gasteiger partial charge in [0.25, 0.3) is 0 Å². The molecule has 1 aliphatic rings. The van der Waals surface area contributed by atoms with Crippen LogP contribution in [0.25, 0.3) is 0 Å². The zero-order valence-corrected chi connectivity index (χ0v) is 9.61. The Morgan fingerprint density at radius 2 is 1.69 bits per heavy atom. The van der Waals surface area contributed by atoms with E-state index in [1.165, 1.54) is 12.8 Å². The van der Waals surface area contributed by atoms with Crippen molar-refractivity contribution in [1.29, 1.82) is 0 Å². The Balaban J connectivity index is 2.64. The maximum Gasteiger partial charge on any atom is 0.0628 e. The van der Waals surface area contributed by atoms with Gasteiger partial charge in [0.05, 0.1) is 5.60 Å². The molecule has 2 N–H and O–H groups in total. The van der Waals surface area contributed by atoms with Crippen LogP contribution in [0.2, 0.25) is 0 Å². The summed E-state index contributed by atoms with van der Waals surface area (Å²) >= 11 is 0. The molecule has 1 fully saturated rings. The van der Waals surface area contributed by atoms with Crippen LogP contribution in [-0.2, 0) is 4.74 Å².